The molecule has 0 aliphatic carbocycles. The molecular formula is C19H15F3N4O3S. The Labute approximate surface area is 170 Å². The number of aryl methyl sites for hydroxylation is 1. The van der Waals surface area contributed by atoms with Crippen molar-refractivity contribution in [1.29, 1.82) is 0 Å². The van der Waals surface area contributed by atoms with Gasteiger partial charge >= 0.3 is 6.18 Å². The Morgan fingerprint density at radius 1 is 1.00 bits per heavy atom. The van der Waals surface area contributed by atoms with E-state index in [2.05, 4.69) is 20.0 Å². The van der Waals surface area contributed by atoms with E-state index in [4.69, 9.17) is 0 Å². The van der Waals surface area contributed by atoms with Crippen LogP contribution in [-0.4, -0.2) is 24.3 Å². The average molecular weight is 436 g/mol. The molecule has 0 fully saturated rings. The molecule has 0 spiro atoms. The van der Waals surface area contributed by atoms with Crippen LogP contribution < -0.4 is 10.0 Å². The molecule has 1 amide bonds. The Morgan fingerprint density at radius 2 is 1.67 bits per heavy atom. The third-order valence-corrected chi connectivity index (χ3v) is 5.26. The molecule has 0 unspecified atom stereocenters. The van der Waals surface area contributed by atoms with Gasteiger partial charge in [-0.2, -0.15) is 13.2 Å². The van der Waals surface area contributed by atoms with E-state index < -0.39 is 33.2 Å². The van der Waals surface area contributed by atoms with E-state index in [1.165, 1.54) is 42.6 Å². The Bertz CT molecular complexity index is 1180. The molecule has 3 aromatic rings. The zero-order valence-corrected chi connectivity index (χ0v) is 16.3. The molecule has 2 N–H and O–H groups in total. The van der Waals surface area contributed by atoms with Gasteiger partial charge in [-0.3, -0.25) is 4.79 Å². The lowest BCUT2D eigenvalue weighted by atomic mass is 10.1. The number of halogens is 3. The van der Waals surface area contributed by atoms with Crippen molar-refractivity contribution in [2.75, 3.05) is 10.0 Å². The summed E-state index contributed by atoms with van der Waals surface area (Å²) in [6.45, 7) is 1.67. The van der Waals surface area contributed by atoms with Gasteiger partial charge in [0, 0.05) is 17.6 Å². The van der Waals surface area contributed by atoms with Gasteiger partial charge in [-0.25, -0.2) is 23.1 Å². The van der Waals surface area contributed by atoms with Crippen molar-refractivity contribution in [2.45, 2.75) is 18.0 Å². The summed E-state index contributed by atoms with van der Waals surface area (Å²) in [5.74, 6) is -1.07. The van der Waals surface area contributed by atoms with Gasteiger partial charge in [0.1, 0.15) is 0 Å². The fourth-order valence-electron chi connectivity index (χ4n) is 2.52. The summed E-state index contributed by atoms with van der Waals surface area (Å²) in [6.07, 6.45) is -3.28. The van der Waals surface area contributed by atoms with Gasteiger partial charge in [0.15, 0.2) is 0 Å². The van der Waals surface area contributed by atoms with Crippen molar-refractivity contribution in [3.8, 4) is 0 Å². The molecule has 1 heterocycles. The molecule has 30 heavy (non-hydrogen) atoms. The van der Waals surface area contributed by atoms with E-state index in [0.29, 0.717) is 5.69 Å². The van der Waals surface area contributed by atoms with Crippen molar-refractivity contribution in [3.63, 3.8) is 0 Å². The molecule has 11 heteroatoms. The van der Waals surface area contributed by atoms with Gasteiger partial charge in [0.05, 0.1) is 16.0 Å². The number of rotatable bonds is 5. The fourth-order valence-corrected chi connectivity index (χ4v) is 3.47. The molecule has 0 atom stereocenters. The highest BCUT2D eigenvalue weighted by Gasteiger charge is 2.34. The lowest BCUT2D eigenvalue weighted by molar-refractivity contribution is -0.137. The molecule has 0 aliphatic heterocycles. The SMILES string of the molecule is Cc1ccnc(NS(=O)(=O)c2ccc(NC(=O)c3ccccc3C(F)(F)F)cc2)n1. The van der Waals surface area contributed by atoms with Gasteiger partial charge in [-0.15, -0.1) is 0 Å². The number of sulfonamides is 1. The zero-order valence-electron chi connectivity index (χ0n) is 15.4. The number of amides is 1. The van der Waals surface area contributed by atoms with Crippen LogP contribution in [0.5, 0.6) is 0 Å². The Balaban J connectivity index is 1.77. The van der Waals surface area contributed by atoms with Gasteiger partial charge in [0.2, 0.25) is 5.95 Å². The first-order valence-corrected chi connectivity index (χ1v) is 9.95. The minimum Gasteiger partial charge on any atom is -0.322 e. The van der Waals surface area contributed by atoms with Crippen LogP contribution in [0.15, 0.2) is 65.7 Å². The summed E-state index contributed by atoms with van der Waals surface area (Å²) in [4.78, 5) is 19.9. The zero-order chi connectivity index (χ0) is 21.9. The Morgan fingerprint density at radius 3 is 2.30 bits per heavy atom. The second-order valence-corrected chi connectivity index (χ2v) is 7.83. The van der Waals surface area contributed by atoms with Crippen molar-refractivity contribution < 1.29 is 26.4 Å². The normalized spacial score (nSPS) is 11.7. The van der Waals surface area contributed by atoms with Crippen LogP contribution in [0.3, 0.4) is 0 Å². The highest BCUT2D eigenvalue weighted by molar-refractivity contribution is 7.92. The first-order chi connectivity index (χ1) is 14.1. The van der Waals surface area contributed by atoms with E-state index in [-0.39, 0.29) is 16.5 Å². The van der Waals surface area contributed by atoms with Crippen molar-refractivity contribution >= 4 is 27.6 Å². The van der Waals surface area contributed by atoms with E-state index in [0.717, 1.165) is 12.1 Å². The van der Waals surface area contributed by atoms with E-state index >= 15 is 0 Å². The standard InChI is InChI=1S/C19H15F3N4O3S/c1-12-10-11-23-18(24-12)26-30(28,29)14-8-6-13(7-9-14)25-17(27)15-4-2-3-5-16(15)19(20,21)22/h2-11H,1H3,(H,25,27)(H,23,24,26). The molecule has 0 saturated heterocycles. The largest absolute Gasteiger partial charge is 0.417 e. The van der Waals surface area contributed by atoms with Crippen LogP contribution in [0.1, 0.15) is 21.6 Å². The number of hydrogen-bond acceptors (Lipinski definition) is 5. The summed E-state index contributed by atoms with van der Waals surface area (Å²) in [7, 11) is -3.99. The summed E-state index contributed by atoms with van der Waals surface area (Å²) in [6, 6.07) is 10.9. The van der Waals surface area contributed by atoms with Crippen LogP contribution in [0.2, 0.25) is 0 Å². The summed E-state index contributed by atoms with van der Waals surface area (Å²) < 4.78 is 66.3. The Hall–Kier alpha value is -3.47. The molecule has 0 saturated carbocycles. The molecule has 1 aromatic heterocycles. The number of nitrogens with zero attached hydrogens (tertiary/aromatic N) is 2. The number of hydrogen-bond donors (Lipinski definition) is 2. The number of carbonyl (C=O) groups excluding carboxylic acids is 1. The molecule has 2 aromatic carbocycles. The monoisotopic (exact) mass is 436 g/mol. The predicted molar refractivity (Wildman–Crippen MR) is 103 cm³/mol. The number of carbonyl (C=O) groups is 1. The summed E-state index contributed by atoms with van der Waals surface area (Å²) in [5.41, 5.74) is -0.911. The topological polar surface area (TPSA) is 101 Å². The first kappa shape index (κ1) is 21.2. The smallest absolute Gasteiger partial charge is 0.322 e. The molecular weight excluding hydrogens is 421 g/mol. The second-order valence-electron chi connectivity index (χ2n) is 6.15. The maximum atomic E-state index is 13.1. The highest BCUT2D eigenvalue weighted by atomic mass is 32.2. The van der Waals surface area contributed by atoms with Crippen molar-refractivity contribution in [1.82, 2.24) is 9.97 Å². The maximum absolute atomic E-state index is 13.1. The maximum Gasteiger partial charge on any atom is 0.417 e. The van der Waals surface area contributed by atoms with Gasteiger partial charge < -0.3 is 5.32 Å². The Kier molecular flexibility index (Phi) is 5.74. The van der Waals surface area contributed by atoms with Gasteiger partial charge in [-0.1, -0.05) is 12.1 Å². The molecule has 0 aliphatic rings. The summed E-state index contributed by atoms with van der Waals surface area (Å²) in [5, 5.41) is 2.33. The van der Waals surface area contributed by atoms with Crippen molar-refractivity contribution in [2.24, 2.45) is 0 Å². The molecule has 3 rings (SSSR count). The highest BCUT2D eigenvalue weighted by Crippen LogP contribution is 2.32. The first-order valence-electron chi connectivity index (χ1n) is 8.46. The van der Waals surface area contributed by atoms with E-state index in [1.54, 1.807) is 13.0 Å². The van der Waals surface area contributed by atoms with Crippen LogP contribution >= 0.6 is 0 Å². The molecule has 156 valence electrons. The second kappa shape index (κ2) is 8.11. The minimum atomic E-state index is -4.69. The third kappa shape index (κ3) is 4.92. The van der Waals surface area contributed by atoms with Gasteiger partial charge in [0.25, 0.3) is 15.9 Å². The minimum absolute atomic E-state index is 0.101. The number of anilines is 2. The number of alkyl halides is 3. The van der Waals surface area contributed by atoms with Gasteiger partial charge in [-0.05, 0) is 49.4 Å². The van der Waals surface area contributed by atoms with Crippen LogP contribution in [0.4, 0.5) is 24.8 Å². The van der Waals surface area contributed by atoms with E-state index in [9.17, 15) is 26.4 Å². The molecule has 7 nitrogen and oxygen atoms in total. The molecule has 0 radical (unpaired) electrons. The number of benzene rings is 2. The third-order valence-electron chi connectivity index (χ3n) is 3.92. The lowest BCUT2D eigenvalue weighted by Crippen LogP contribution is -2.19. The van der Waals surface area contributed by atoms with Crippen LogP contribution in [0, 0.1) is 6.92 Å². The van der Waals surface area contributed by atoms with Crippen LogP contribution in [0.25, 0.3) is 0 Å². The fraction of sp³-hybridized carbons (Fsp3) is 0.105. The lowest BCUT2D eigenvalue weighted by Gasteiger charge is -2.13. The number of nitrogens with one attached hydrogen (secondary N) is 2. The number of aromatic nitrogens is 2. The van der Waals surface area contributed by atoms with E-state index in [1.807, 2.05) is 0 Å². The van der Waals surface area contributed by atoms with Crippen molar-refractivity contribution in [3.05, 3.63) is 77.6 Å². The average Bonchev–Trinajstić information content (AvgIpc) is 2.67. The predicted octanol–water partition coefficient (Wildman–Crippen LogP) is 3.86. The molecule has 0 bridgehead atoms. The quantitative estimate of drug-likeness (QED) is 0.633. The summed E-state index contributed by atoms with van der Waals surface area (Å²) >= 11 is 0. The van der Waals surface area contributed by atoms with Crippen LogP contribution in [-0.2, 0) is 16.2 Å².